The first kappa shape index (κ1) is 11.6. The van der Waals surface area contributed by atoms with Gasteiger partial charge in [-0.1, -0.05) is 18.2 Å². The van der Waals surface area contributed by atoms with E-state index in [4.69, 9.17) is 0 Å². The number of hydrogen-bond acceptors (Lipinski definition) is 2. The van der Waals surface area contributed by atoms with Gasteiger partial charge in [0.2, 0.25) is 0 Å². The molecule has 0 saturated heterocycles. The number of nitroso groups, excluding NO2 is 1. The Hall–Kier alpha value is -1.84. The highest BCUT2D eigenvalue weighted by atomic mass is 16.3. The van der Waals surface area contributed by atoms with E-state index in [9.17, 15) is 4.91 Å². The highest BCUT2D eigenvalue weighted by molar-refractivity contribution is 5.83. The second kappa shape index (κ2) is 4.99. The van der Waals surface area contributed by atoms with Gasteiger partial charge < -0.3 is 4.57 Å². The maximum atomic E-state index is 10.5. The van der Waals surface area contributed by atoms with Crippen molar-refractivity contribution in [3.05, 3.63) is 40.9 Å². The van der Waals surface area contributed by atoms with Crippen LogP contribution in [0.3, 0.4) is 0 Å². The van der Waals surface area contributed by atoms with Crippen molar-refractivity contribution in [2.45, 2.75) is 13.3 Å². The second-order valence-corrected chi connectivity index (χ2v) is 4.16. The summed E-state index contributed by atoms with van der Waals surface area (Å²) in [5, 5.41) is 5.79. The zero-order valence-electron chi connectivity index (χ0n) is 10.3. The number of rotatable bonds is 5. The molecule has 0 fully saturated rings. The van der Waals surface area contributed by atoms with Crippen LogP contribution in [0.1, 0.15) is 12.5 Å². The molecule has 2 aromatic rings. The topological polar surface area (TPSA) is 37.6 Å². The van der Waals surface area contributed by atoms with Crippen molar-refractivity contribution in [2.75, 3.05) is 13.1 Å². The van der Waals surface area contributed by atoms with Crippen LogP contribution in [0, 0.1) is 4.91 Å². The van der Waals surface area contributed by atoms with Crippen molar-refractivity contribution >= 4 is 10.9 Å². The molecule has 90 valence electrons. The lowest BCUT2D eigenvalue weighted by Crippen LogP contribution is -2.18. The van der Waals surface area contributed by atoms with Crippen molar-refractivity contribution in [1.29, 1.82) is 0 Å². The minimum Gasteiger partial charge on any atom is -0.350 e. The maximum Gasteiger partial charge on any atom is 0.0523 e. The Morgan fingerprint density at radius 3 is 2.82 bits per heavy atom. The molecule has 0 radical (unpaired) electrons. The molecule has 0 aliphatic heterocycles. The maximum absolute atomic E-state index is 10.5. The third-order valence-corrected chi connectivity index (χ3v) is 3.10. The summed E-state index contributed by atoms with van der Waals surface area (Å²) in [4.78, 5) is 10.5. The van der Waals surface area contributed by atoms with Gasteiger partial charge in [0, 0.05) is 37.2 Å². The molecule has 0 N–H and O–H groups in total. The number of benzene rings is 1. The number of aryl methyl sites for hydroxylation is 1. The average molecular weight is 231 g/mol. The normalized spacial score (nSPS) is 10.7. The van der Waals surface area contributed by atoms with Gasteiger partial charge in [-0.05, 0) is 25.0 Å². The average Bonchev–Trinajstić information content (AvgIpc) is 2.69. The van der Waals surface area contributed by atoms with E-state index in [1.54, 1.807) is 5.01 Å². The standard InChI is InChI=1S/C13H17N3O/c1-3-16(14-17)9-8-11-10-15(2)13-7-5-4-6-12(11)13/h4-7,10H,3,8-9H2,1-2H3. The Morgan fingerprint density at radius 1 is 1.35 bits per heavy atom. The molecule has 0 atom stereocenters. The van der Waals surface area contributed by atoms with Crippen LogP contribution < -0.4 is 0 Å². The molecule has 0 saturated carbocycles. The lowest BCUT2D eigenvalue weighted by Gasteiger charge is -2.11. The molecule has 0 aliphatic rings. The first-order valence-electron chi connectivity index (χ1n) is 5.87. The predicted octanol–water partition coefficient (Wildman–Crippen LogP) is 2.72. The van der Waals surface area contributed by atoms with Gasteiger partial charge in [-0.2, -0.15) is 0 Å². The van der Waals surface area contributed by atoms with Gasteiger partial charge in [0.25, 0.3) is 0 Å². The third kappa shape index (κ3) is 2.30. The van der Waals surface area contributed by atoms with Crippen LogP contribution in [0.2, 0.25) is 0 Å². The molecule has 0 bridgehead atoms. The summed E-state index contributed by atoms with van der Waals surface area (Å²) in [7, 11) is 2.04. The van der Waals surface area contributed by atoms with Crippen molar-refractivity contribution < 1.29 is 0 Å². The number of nitrogens with zero attached hydrogens (tertiary/aromatic N) is 3. The van der Waals surface area contributed by atoms with E-state index in [0.29, 0.717) is 13.1 Å². The fourth-order valence-corrected chi connectivity index (χ4v) is 2.13. The summed E-state index contributed by atoms with van der Waals surface area (Å²) in [6, 6.07) is 8.31. The molecule has 17 heavy (non-hydrogen) atoms. The van der Waals surface area contributed by atoms with Crippen LogP contribution in [0.4, 0.5) is 0 Å². The molecule has 0 aliphatic carbocycles. The van der Waals surface area contributed by atoms with E-state index < -0.39 is 0 Å². The molecular weight excluding hydrogens is 214 g/mol. The van der Waals surface area contributed by atoms with Gasteiger partial charge in [0.1, 0.15) is 0 Å². The van der Waals surface area contributed by atoms with Gasteiger partial charge in [0.05, 0.1) is 5.29 Å². The summed E-state index contributed by atoms with van der Waals surface area (Å²) in [6.07, 6.45) is 2.98. The second-order valence-electron chi connectivity index (χ2n) is 4.16. The summed E-state index contributed by atoms with van der Waals surface area (Å²) in [6.45, 7) is 3.27. The minimum absolute atomic E-state index is 0.661. The summed E-state index contributed by atoms with van der Waals surface area (Å²) in [5.41, 5.74) is 2.50. The van der Waals surface area contributed by atoms with Crippen molar-refractivity contribution in [2.24, 2.45) is 12.3 Å². The first-order valence-corrected chi connectivity index (χ1v) is 5.87. The highest BCUT2D eigenvalue weighted by Crippen LogP contribution is 2.20. The van der Waals surface area contributed by atoms with Crippen LogP contribution in [0.15, 0.2) is 35.7 Å². The van der Waals surface area contributed by atoms with Crippen molar-refractivity contribution in [3.63, 3.8) is 0 Å². The fraction of sp³-hybridized carbons (Fsp3) is 0.385. The Bertz CT molecular complexity index is 518. The number of likely N-dealkylation sites (N-methyl/N-ethyl adjacent to an activating group) is 1. The largest absolute Gasteiger partial charge is 0.350 e. The number of fused-ring (bicyclic) bond motifs is 1. The number of para-hydroxylation sites is 1. The third-order valence-electron chi connectivity index (χ3n) is 3.10. The van der Waals surface area contributed by atoms with E-state index in [1.165, 1.54) is 16.5 Å². The van der Waals surface area contributed by atoms with Crippen LogP contribution >= 0.6 is 0 Å². The lowest BCUT2D eigenvalue weighted by molar-refractivity contribution is 0.304. The summed E-state index contributed by atoms with van der Waals surface area (Å²) < 4.78 is 2.12. The predicted molar refractivity (Wildman–Crippen MR) is 69.7 cm³/mol. The summed E-state index contributed by atoms with van der Waals surface area (Å²) >= 11 is 0. The van der Waals surface area contributed by atoms with Crippen molar-refractivity contribution in [3.8, 4) is 0 Å². The van der Waals surface area contributed by atoms with Crippen molar-refractivity contribution in [1.82, 2.24) is 9.58 Å². The Kier molecular flexibility index (Phi) is 3.42. The molecule has 0 amide bonds. The smallest absolute Gasteiger partial charge is 0.0523 e. The van der Waals surface area contributed by atoms with E-state index in [0.717, 1.165) is 6.42 Å². The zero-order chi connectivity index (χ0) is 12.3. The highest BCUT2D eigenvalue weighted by Gasteiger charge is 2.07. The van der Waals surface area contributed by atoms with Crippen LogP contribution in [0.25, 0.3) is 10.9 Å². The number of aromatic nitrogens is 1. The quantitative estimate of drug-likeness (QED) is 0.586. The molecular formula is C13H17N3O. The van der Waals surface area contributed by atoms with Crippen LogP contribution in [0.5, 0.6) is 0 Å². The van der Waals surface area contributed by atoms with E-state index in [-0.39, 0.29) is 0 Å². The van der Waals surface area contributed by atoms with Gasteiger partial charge in [0.15, 0.2) is 0 Å². The zero-order valence-corrected chi connectivity index (χ0v) is 10.3. The van der Waals surface area contributed by atoms with Gasteiger partial charge >= 0.3 is 0 Å². The molecule has 1 aromatic carbocycles. The monoisotopic (exact) mass is 231 g/mol. The first-order chi connectivity index (χ1) is 8.26. The van der Waals surface area contributed by atoms with Crippen LogP contribution in [-0.2, 0) is 13.5 Å². The summed E-state index contributed by atoms with van der Waals surface area (Å²) in [5.74, 6) is 0. The van der Waals surface area contributed by atoms with Crippen LogP contribution in [-0.4, -0.2) is 22.7 Å². The molecule has 4 heteroatoms. The molecule has 2 rings (SSSR count). The van der Waals surface area contributed by atoms with Gasteiger partial charge in [-0.3, -0.25) is 5.01 Å². The molecule has 1 aromatic heterocycles. The van der Waals surface area contributed by atoms with Gasteiger partial charge in [-0.25, -0.2) is 0 Å². The molecule has 0 unspecified atom stereocenters. The Morgan fingerprint density at radius 2 is 2.12 bits per heavy atom. The van der Waals surface area contributed by atoms with E-state index >= 15 is 0 Å². The fourth-order valence-electron chi connectivity index (χ4n) is 2.13. The SMILES string of the molecule is CCN(CCc1cn(C)c2ccccc12)N=O. The Labute approximate surface area is 101 Å². The van der Waals surface area contributed by atoms with E-state index in [2.05, 4.69) is 28.2 Å². The number of hydrogen-bond donors (Lipinski definition) is 0. The molecule has 0 spiro atoms. The van der Waals surface area contributed by atoms with E-state index in [1.807, 2.05) is 26.1 Å². The minimum atomic E-state index is 0.661. The van der Waals surface area contributed by atoms with Gasteiger partial charge in [-0.15, -0.1) is 4.91 Å². The lowest BCUT2D eigenvalue weighted by atomic mass is 10.1. The molecule has 4 nitrogen and oxygen atoms in total. The Balaban J connectivity index is 2.21. The molecule has 1 heterocycles.